The Morgan fingerprint density at radius 2 is 2.00 bits per heavy atom. The number of likely N-dealkylation sites (N-methyl/N-ethyl adjacent to an activating group) is 1. The zero-order chi connectivity index (χ0) is 12.0. The molecule has 0 heterocycles. The Labute approximate surface area is 110 Å². The predicted molar refractivity (Wildman–Crippen MR) is 71.3 cm³/mol. The first-order valence-corrected chi connectivity index (χ1v) is 6.14. The van der Waals surface area contributed by atoms with Gasteiger partial charge in [-0.2, -0.15) is 0 Å². The number of methoxy groups -OCH3 is 1. The van der Waals surface area contributed by atoms with E-state index < -0.39 is 6.04 Å². The molecule has 1 atom stereocenters. The van der Waals surface area contributed by atoms with Crippen LogP contribution >= 0.6 is 12.4 Å². The van der Waals surface area contributed by atoms with Crippen molar-refractivity contribution in [1.82, 2.24) is 4.90 Å². The number of nitrogens with two attached hydrogens (primary N) is 1. The third-order valence-electron chi connectivity index (χ3n) is 3.30. The summed E-state index contributed by atoms with van der Waals surface area (Å²) in [6.45, 7) is 1.14. The van der Waals surface area contributed by atoms with Crippen molar-refractivity contribution < 1.29 is 9.53 Å². The van der Waals surface area contributed by atoms with Crippen LogP contribution in [-0.4, -0.2) is 44.2 Å². The Morgan fingerprint density at radius 3 is 2.53 bits per heavy atom. The number of ether oxygens (including phenoxy) is 1. The van der Waals surface area contributed by atoms with Gasteiger partial charge in [-0.05, 0) is 18.8 Å². The SMILES string of the molecule is COCC(N)C(=O)N(C)CC1CCCCC1.Cl. The Balaban J connectivity index is 0.00000256. The molecule has 2 N–H and O–H groups in total. The molecule has 0 aromatic carbocycles. The van der Waals surface area contributed by atoms with Crippen LogP contribution in [0.15, 0.2) is 0 Å². The number of nitrogens with zero attached hydrogens (tertiary/aromatic N) is 1. The monoisotopic (exact) mass is 264 g/mol. The molecule has 0 saturated heterocycles. The average Bonchev–Trinajstić information content (AvgIpc) is 2.29. The molecule has 1 unspecified atom stereocenters. The van der Waals surface area contributed by atoms with E-state index in [-0.39, 0.29) is 18.3 Å². The third kappa shape index (κ3) is 5.70. The van der Waals surface area contributed by atoms with Crippen LogP contribution in [0.5, 0.6) is 0 Å². The van der Waals surface area contributed by atoms with Crippen LogP contribution in [0.4, 0.5) is 0 Å². The van der Waals surface area contributed by atoms with Crippen molar-refractivity contribution in [1.29, 1.82) is 0 Å². The minimum atomic E-state index is -0.515. The number of hydrogen-bond acceptors (Lipinski definition) is 3. The molecule has 0 aromatic rings. The van der Waals surface area contributed by atoms with E-state index in [1.54, 1.807) is 12.0 Å². The fraction of sp³-hybridized carbons (Fsp3) is 0.917. The van der Waals surface area contributed by atoms with E-state index in [0.29, 0.717) is 12.5 Å². The zero-order valence-corrected chi connectivity index (χ0v) is 11.7. The smallest absolute Gasteiger partial charge is 0.241 e. The number of carbonyl (C=O) groups excluding carboxylic acids is 1. The van der Waals surface area contributed by atoms with Gasteiger partial charge in [-0.1, -0.05) is 19.3 Å². The van der Waals surface area contributed by atoms with Crippen molar-refractivity contribution in [2.45, 2.75) is 38.1 Å². The van der Waals surface area contributed by atoms with Gasteiger partial charge in [-0.15, -0.1) is 12.4 Å². The second-order valence-corrected chi connectivity index (χ2v) is 4.78. The second-order valence-electron chi connectivity index (χ2n) is 4.78. The molecule has 1 aliphatic rings. The van der Waals surface area contributed by atoms with Crippen LogP contribution < -0.4 is 5.73 Å². The Kier molecular flexibility index (Phi) is 8.56. The molecule has 1 saturated carbocycles. The second kappa shape index (κ2) is 8.72. The molecule has 4 nitrogen and oxygen atoms in total. The Hall–Kier alpha value is -0.320. The van der Waals surface area contributed by atoms with Crippen LogP contribution in [-0.2, 0) is 9.53 Å². The van der Waals surface area contributed by atoms with Gasteiger partial charge in [0.1, 0.15) is 6.04 Å². The first-order valence-electron chi connectivity index (χ1n) is 6.14. The van der Waals surface area contributed by atoms with Gasteiger partial charge in [0.2, 0.25) is 5.91 Å². The number of carbonyl (C=O) groups is 1. The van der Waals surface area contributed by atoms with Crippen LogP contribution in [0, 0.1) is 5.92 Å². The highest BCUT2D eigenvalue weighted by Crippen LogP contribution is 2.24. The molecule has 0 spiro atoms. The Morgan fingerprint density at radius 1 is 1.41 bits per heavy atom. The lowest BCUT2D eigenvalue weighted by molar-refractivity contribution is -0.133. The van der Waals surface area contributed by atoms with Crippen molar-refractivity contribution >= 4 is 18.3 Å². The van der Waals surface area contributed by atoms with Gasteiger partial charge in [-0.3, -0.25) is 4.79 Å². The highest BCUT2D eigenvalue weighted by Gasteiger charge is 2.21. The molecular weight excluding hydrogens is 240 g/mol. The van der Waals surface area contributed by atoms with Crippen LogP contribution in [0.1, 0.15) is 32.1 Å². The standard InChI is InChI=1S/C12H24N2O2.ClH/c1-14(12(15)11(13)9-16-2)8-10-6-4-3-5-7-10;/h10-11H,3-9,13H2,1-2H3;1H. The lowest BCUT2D eigenvalue weighted by Crippen LogP contribution is -2.46. The summed E-state index contributed by atoms with van der Waals surface area (Å²) in [5, 5.41) is 0. The maximum absolute atomic E-state index is 11.8. The van der Waals surface area contributed by atoms with E-state index in [0.717, 1.165) is 6.54 Å². The van der Waals surface area contributed by atoms with Crippen molar-refractivity contribution in [3.8, 4) is 0 Å². The van der Waals surface area contributed by atoms with E-state index in [9.17, 15) is 4.79 Å². The first kappa shape index (κ1) is 16.7. The summed E-state index contributed by atoms with van der Waals surface area (Å²) >= 11 is 0. The molecule has 1 rings (SSSR count). The van der Waals surface area contributed by atoms with E-state index in [4.69, 9.17) is 10.5 Å². The van der Waals surface area contributed by atoms with Crippen LogP contribution in [0.3, 0.4) is 0 Å². The zero-order valence-electron chi connectivity index (χ0n) is 10.9. The van der Waals surface area contributed by atoms with Crippen LogP contribution in [0.25, 0.3) is 0 Å². The summed E-state index contributed by atoms with van der Waals surface area (Å²) in [6.07, 6.45) is 6.44. The highest BCUT2D eigenvalue weighted by atomic mass is 35.5. The maximum Gasteiger partial charge on any atom is 0.241 e. The van der Waals surface area contributed by atoms with Gasteiger partial charge in [-0.25, -0.2) is 0 Å². The number of amides is 1. The third-order valence-corrected chi connectivity index (χ3v) is 3.30. The molecule has 1 aliphatic carbocycles. The minimum Gasteiger partial charge on any atom is -0.383 e. The fourth-order valence-corrected chi connectivity index (χ4v) is 2.38. The van der Waals surface area contributed by atoms with Crippen molar-refractivity contribution in [3.05, 3.63) is 0 Å². The van der Waals surface area contributed by atoms with Crippen molar-refractivity contribution in [3.63, 3.8) is 0 Å². The highest BCUT2D eigenvalue weighted by molar-refractivity contribution is 5.85. The molecule has 5 heteroatoms. The van der Waals surface area contributed by atoms with Crippen molar-refractivity contribution in [2.75, 3.05) is 27.3 Å². The summed E-state index contributed by atoms with van der Waals surface area (Å²) in [4.78, 5) is 13.6. The Bertz CT molecular complexity index is 221. The van der Waals surface area contributed by atoms with Gasteiger partial charge in [0, 0.05) is 20.7 Å². The van der Waals surface area contributed by atoms with E-state index in [1.165, 1.54) is 32.1 Å². The predicted octanol–water partition coefficient (Wildman–Crippen LogP) is 1.42. The number of rotatable bonds is 5. The summed E-state index contributed by atoms with van der Waals surface area (Å²) in [7, 11) is 3.40. The van der Waals surface area contributed by atoms with Gasteiger partial charge >= 0.3 is 0 Å². The van der Waals surface area contributed by atoms with Crippen molar-refractivity contribution in [2.24, 2.45) is 11.7 Å². The minimum absolute atomic E-state index is 0. The summed E-state index contributed by atoms with van der Waals surface area (Å²) in [6, 6.07) is -0.515. The number of hydrogen-bond donors (Lipinski definition) is 1. The van der Waals surface area contributed by atoms with Gasteiger partial charge < -0.3 is 15.4 Å². The van der Waals surface area contributed by atoms with E-state index >= 15 is 0 Å². The summed E-state index contributed by atoms with van der Waals surface area (Å²) < 4.78 is 4.89. The molecule has 0 aliphatic heterocycles. The van der Waals surface area contributed by atoms with Gasteiger partial charge in [0.25, 0.3) is 0 Å². The molecule has 1 fully saturated rings. The van der Waals surface area contributed by atoms with Gasteiger partial charge in [0.15, 0.2) is 0 Å². The lowest BCUT2D eigenvalue weighted by Gasteiger charge is -2.28. The fourth-order valence-electron chi connectivity index (χ4n) is 2.38. The number of halogens is 1. The molecule has 102 valence electrons. The van der Waals surface area contributed by atoms with E-state index in [1.807, 2.05) is 7.05 Å². The molecular formula is C12H25ClN2O2. The van der Waals surface area contributed by atoms with Crippen LogP contribution in [0.2, 0.25) is 0 Å². The first-order chi connectivity index (χ1) is 7.65. The van der Waals surface area contributed by atoms with E-state index in [2.05, 4.69) is 0 Å². The maximum atomic E-state index is 11.8. The van der Waals surface area contributed by atoms with Gasteiger partial charge in [0.05, 0.1) is 6.61 Å². The molecule has 17 heavy (non-hydrogen) atoms. The lowest BCUT2D eigenvalue weighted by atomic mass is 9.89. The molecule has 0 radical (unpaired) electrons. The molecule has 0 aromatic heterocycles. The average molecular weight is 265 g/mol. The molecule has 0 bridgehead atoms. The molecule has 1 amide bonds. The summed E-state index contributed by atoms with van der Waals surface area (Å²) in [5.41, 5.74) is 5.72. The topological polar surface area (TPSA) is 55.6 Å². The largest absolute Gasteiger partial charge is 0.383 e. The normalized spacial score (nSPS) is 18.3. The summed E-state index contributed by atoms with van der Waals surface area (Å²) in [5.74, 6) is 0.657. The quantitative estimate of drug-likeness (QED) is 0.817.